The normalized spacial score (nSPS) is 10.9. The number of unbranched alkanes of at least 4 members (excludes halogenated alkanes) is 1. The Bertz CT molecular complexity index is 539. The van der Waals surface area contributed by atoms with Crippen LogP contribution in [0, 0.1) is 6.92 Å². The molecule has 0 spiro atoms. The second-order valence-corrected chi connectivity index (χ2v) is 5.27. The third-order valence-corrected chi connectivity index (χ3v) is 2.87. The van der Waals surface area contributed by atoms with Gasteiger partial charge in [0.05, 0.1) is 12.4 Å². The van der Waals surface area contributed by atoms with Gasteiger partial charge in [-0.05, 0) is 33.6 Å². The topological polar surface area (TPSA) is 64.9 Å². The van der Waals surface area contributed by atoms with Crippen LogP contribution in [0.25, 0.3) is 0 Å². The van der Waals surface area contributed by atoms with Crippen molar-refractivity contribution in [2.75, 3.05) is 11.9 Å². The largest absolute Gasteiger partial charge is 0.475 e. The average molecular weight is 289 g/mol. The van der Waals surface area contributed by atoms with Crippen LogP contribution in [0.4, 0.5) is 5.95 Å². The second-order valence-electron chi connectivity index (χ2n) is 5.27. The Hall–Kier alpha value is -2.11. The van der Waals surface area contributed by atoms with Crippen molar-refractivity contribution in [3.63, 3.8) is 0 Å². The summed E-state index contributed by atoms with van der Waals surface area (Å²) in [5.41, 5.74) is 0.904. The minimum absolute atomic E-state index is 0.113. The zero-order valence-electron chi connectivity index (χ0n) is 12.9. The lowest BCUT2D eigenvalue weighted by atomic mass is 10.3. The van der Waals surface area contributed by atoms with Crippen LogP contribution in [0.3, 0.4) is 0 Å². The van der Waals surface area contributed by atoms with Crippen LogP contribution >= 0.6 is 0 Å². The van der Waals surface area contributed by atoms with Crippen LogP contribution in [0.15, 0.2) is 24.8 Å². The zero-order chi connectivity index (χ0) is 15.1. The van der Waals surface area contributed by atoms with Crippen molar-refractivity contribution in [2.45, 2.75) is 46.3 Å². The molecular formula is C15H23N5O. The third kappa shape index (κ3) is 5.41. The fourth-order valence-corrected chi connectivity index (χ4v) is 1.96. The van der Waals surface area contributed by atoms with E-state index in [-0.39, 0.29) is 6.10 Å². The quantitative estimate of drug-likeness (QED) is 0.757. The molecule has 0 atom stereocenters. The number of aromatic nitrogens is 4. The SMILES string of the molecule is Cc1cc(OC(C)C)nc(NCCCCn2ccnc2)n1. The van der Waals surface area contributed by atoms with Crippen molar-refractivity contribution in [1.29, 1.82) is 0 Å². The first-order valence-corrected chi connectivity index (χ1v) is 7.35. The summed E-state index contributed by atoms with van der Waals surface area (Å²) >= 11 is 0. The molecule has 0 aliphatic carbocycles. The third-order valence-electron chi connectivity index (χ3n) is 2.87. The van der Waals surface area contributed by atoms with Crippen molar-refractivity contribution in [2.24, 2.45) is 0 Å². The Kier molecular flexibility index (Phi) is 5.54. The summed E-state index contributed by atoms with van der Waals surface area (Å²) in [5, 5.41) is 3.25. The minimum Gasteiger partial charge on any atom is -0.475 e. The molecule has 6 heteroatoms. The number of nitrogens with zero attached hydrogens (tertiary/aromatic N) is 4. The number of hydrogen-bond acceptors (Lipinski definition) is 5. The lowest BCUT2D eigenvalue weighted by molar-refractivity contribution is 0.232. The molecule has 2 aromatic heterocycles. The Morgan fingerprint density at radius 3 is 2.86 bits per heavy atom. The second kappa shape index (κ2) is 7.61. The van der Waals surface area contributed by atoms with Crippen molar-refractivity contribution in [3.05, 3.63) is 30.5 Å². The number of ether oxygens (including phenoxy) is 1. The van der Waals surface area contributed by atoms with Gasteiger partial charge in [0, 0.05) is 37.2 Å². The molecule has 6 nitrogen and oxygen atoms in total. The molecule has 1 N–H and O–H groups in total. The van der Waals surface area contributed by atoms with Gasteiger partial charge in [0.2, 0.25) is 11.8 Å². The summed E-state index contributed by atoms with van der Waals surface area (Å²) in [6.45, 7) is 7.75. The average Bonchev–Trinajstić information content (AvgIpc) is 2.90. The molecule has 0 radical (unpaired) electrons. The van der Waals surface area contributed by atoms with E-state index in [0.29, 0.717) is 11.8 Å². The summed E-state index contributed by atoms with van der Waals surface area (Å²) in [6, 6.07) is 1.85. The van der Waals surface area contributed by atoms with Gasteiger partial charge in [-0.2, -0.15) is 4.98 Å². The molecule has 2 rings (SSSR count). The smallest absolute Gasteiger partial charge is 0.226 e. The number of aryl methyl sites for hydroxylation is 2. The number of imidazole rings is 1. The maximum atomic E-state index is 5.61. The lowest BCUT2D eigenvalue weighted by Crippen LogP contribution is -2.11. The molecule has 21 heavy (non-hydrogen) atoms. The highest BCUT2D eigenvalue weighted by molar-refractivity contribution is 5.30. The number of rotatable bonds is 8. The molecule has 0 bridgehead atoms. The Morgan fingerprint density at radius 1 is 1.29 bits per heavy atom. The molecule has 0 fully saturated rings. The Morgan fingerprint density at radius 2 is 2.14 bits per heavy atom. The summed E-state index contributed by atoms with van der Waals surface area (Å²) in [6.07, 6.45) is 7.87. The first-order valence-electron chi connectivity index (χ1n) is 7.35. The van der Waals surface area contributed by atoms with Crippen molar-refractivity contribution < 1.29 is 4.74 Å². The maximum Gasteiger partial charge on any atom is 0.226 e. The number of hydrogen-bond donors (Lipinski definition) is 1. The van der Waals surface area contributed by atoms with Crippen LogP contribution in [0.2, 0.25) is 0 Å². The molecule has 0 saturated carbocycles. The monoisotopic (exact) mass is 289 g/mol. The molecule has 0 aromatic carbocycles. The van der Waals surface area contributed by atoms with Crippen LogP contribution in [-0.4, -0.2) is 32.2 Å². The summed E-state index contributed by atoms with van der Waals surface area (Å²) in [7, 11) is 0. The van der Waals surface area contributed by atoms with Gasteiger partial charge < -0.3 is 14.6 Å². The molecule has 2 heterocycles. The fourth-order valence-electron chi connectivity index (χ4n) is 1.96. The molecule has 0 unspecified atom stereocenters. The van der Waals surface area contributed by atoms with Gasteiger partial charge in [-0.3, -0.25) is 0 Å². The van der Waals surface area contributed by atoms with Crippen LogP contribution in [0.5, 0.6) is 5.88 Å². The highest BCUT2D eigenvalue weighted by Gasteiger charge is 2.04. The van der Waals surface area contributed by atoms with Crippen molar-refractivity contribution >= 4 is 5.95 Å². The van der Waals surface area contributed by atoms with Crippen molar-refractivity contribution in [1.82, 2.24) is 19.5 Å². The first-order chi connectivity index (χ1) is 10.1. The van der Waals surface area contributed by atoms with Gasteiger partial charge in [0.25, 0.3) is 0 Å². The van der Waals surface area contributed by atoms with Crippen LogP contribution in [0.1, 0.15) is 32.4 Å². The molecule has 0 aliphatic heterocycles. The summed E-state index contributed by atoms with van der Waals surface area (Å²) in [4.78, 5) is 12.8. The van der Waals surface area contributed by atoms with Crippen LogP contribution < -0.4 is 10.1 Å². The predicted octanol–water partition coefficient (Wildman–Crippen LogP) is 2.66. The predicted molar refractivity (Wildman–Crippen MR) is 82.5 cm³/mol. The van der Waals surface area contributed by atoms with Gasteiger partial charge in [0.15, 0.2) is 0 Å². The first kappa shape index (κ1) is 15.3. The van der Waals surface area contributed by atoms with E-state index >= 15 is 0 Å². The minimum atomic E-state index is 0.113. The molecular weight excluding hydrogens is 266 g/mol. The molecule has 0 aliphatic rings. The summed E-state index contributed by atoms with van der Waals surface area (Å²) < 4.78 is 7.69. The van der Waals surface area contributed by atoms with E-state index in [9.17, 15) is 0 Å². The highest BCUT2D eigenvalue weighted by atomic mass is 16.5. The molecule has 0 amide bonds. The summed E-state index contributed by atoms with van der Waals surface area (Å²) in [5.74, 6) is 1.26. The zero-order valence-corrected chi connectivity index (χ0v) is 12.9. The van der Waals surface area contributed by atoms with Gasteiger partial charge in [-0.1, -0.05) is 0 Å². The molecule has 114 valence electrons. The number of nitrogens with one attached hydrogen (secondary N) is 1. The van der Waals surface area contributed by atoms with Crippen LogP contribution in [-0.2, 0) is 6.54 Å². The number of anilines is 1. The van der Waals surface area contributed by atoms with Gasteiger partial charge in [-0.15, -0.1) is 0 Å². The fraction of sp³-hybridized carbons (Fsp3) is 0.533. The van der Waals surface area contributed by atoms with Gasteiger partial charge in [-0.25, -0.2) is 9.97 Å². The molecule has 0 saturated heterocycles. The van der Waals surface area contributed by atoms with E-state index in [4.69, 9.17) is 4.74 Å². The van der Waals surface area contributed by atoms with Gasteiger partial charge in [0.1, 0.15) is 0 Å². The van der Waals surface area contributed by atoms with E-state index in [1.54, 1.807) is 6.20 Å². The maximum absolute atomic E-state index is 5.61. The molecule has 2 aromatic rings. The lowest BCUT2D eigenvalue weighted by Gasteiger charge is -2.11. The van der Waals surface area contributed by atoms with E-state index in [1.807, 2.05) is 39.4 Å². The van der Waals surface area contributed by atoms with E-state index in [1.165, 1.54) is 0 Å². The van der Waals surface area contributed by atoms with E-state index < -0.39 is 0 Å². The van der Waals surface area contributed by atoms with Gasteiger partial charge >= 0.3 is 0 Å². The van der Waals surface area contributed by atoms with Crippen molar-refractivity contribution in [3.8, 4) is 5.88 Å². The standard InChI is InChI=1S/C15H23N5O/c1-12(2)21-14-10-13(3)18-15(19-14)17-6-4-5-8-20-9-7-16-11-20/h7,9-12H,4-6,8H2,1-3H3,(H,17,18,19). The Labute approximate surface area is 125 Å². The van der Waals surface area contributed by atoms with E-state index in [2.05, 4.69) is 24.8 Å². The Balaban J connectivity index is 1.75. The highest BCUT2D eigenvalue weighted by Crippen LogP contribution is 2.13. The van der Waals surface area contributed by atoms with E-state index in [0.717, 1.165) is 31.6 Å².